The van der Waals surface area contributed by atoms with E-state index in [1.807, 2.05) is 25.7 Å². The molecule has 3 heterocycles. The maximum atomic E-state index is 12.1. The summed E-state index contributed by atoms with van der Waals surface area (Å²) in [7, 11) is 0. The van der Waals surface area contributed by atoms with Crippen molar-refractivity contribution in [1.29, 1.82) is 0 Å². The van der Waals surface area contributed by atoms with Gasteiger partial charge in [-0.2, -0.15) is 0 Å². The van der Waals surface area contributed by atoms with Crippen LogP contribution in [0.1, 0.15) is 30.4 Å². The van der Waals surface area contributed by atoms with E-state index in [0.29, 0.717) is 31.3 Å². The summed E-state index contributed by atoms with van der Waals surface area (Å²) in [6.45, 7) is 8.06. The van der Waals surface area contributed by atoms with Crippen LogP contribution in [-0.2, 0) is 4.74 Å². The first-order valence-corrected chi connectivity index (χ1v) is 8.16. The van der Waals surface area contributed by atoms with Crippen molar-refractivity contribution in [2.75, 3.05) is 31.1 Å². The van der Waals surface area contributed by atoms with Crippen molar-refractivity contribution in [2.24, 2.45) is 0 Å². The van der Waals surface area contributed by atoms with E-state index in [0.717, 1.165) is 0 Å². The fourth-order valence-electron chi connectivity index (χ4n) is 2.68. The monoisotopic (exact) mass is 337 g/mol. The molecule has 0 aromatic carbocycles. The molecule has 0 saturated carbocycles. The summed E-state index contributed by atoms with van der Waals surface area (Å²) < 4.78 is 5.40. The van der Waals surface area contributed by atoms with Crippen molar-refractivity contribution in [3.63, 3.8) is 0 Å². The summed E-state index contributed by atoms with van der Waals surface area (Å²) in [6, 6.07) is 0. The van der Waals surface area contributed by atoms with Crippen molar-refractivity contribution in [3.8, 4) is 0 Å². The predicted molar refractivity (Wildman–Crippen MR) is 86.1 cm³/mol. The molecular formula is C15H19N3O4S. The van der Waals surface area contributed by atoms with Crippen molar-refractivity contribution in [2.45, 2.75) is 26.4 Å². The van der Waals surface area contributed by atoms with Crippen LogP contribution in [0.15, 0.2) is 17.3 Å². The zero-order chi connectivity index (χ0) is 16.8. The number of carbonyl (C=O) groups is 2. The number of rotatable bonds is 2. The van der Waals surface area contributed by atoms with Crippen LogP contribution in [0.5, 0.6) is 0 Å². The first-order valence-electron chi connectivity index (χ1n) is 7.35. The first-order chi connectivity index (χ1) is 10.7. The van der Waals surface area contributed by atoms with Gasteiger partial charge in [0, 0.05) is 26.2 Å². The lowest BCUT2D eigenvalue weighted by Crippen LogP contribution is -2.38. The lowest BCUT2D eigenvalue weighted by Gasteiger charge is -2.26. The molecule has 1 aromatic rings. The van der Waals surface area contributed by atoms with E-state index in [-0.39, 0.29) is 11.0 Å². The van der Waals surface area contributed by atoms with E-state index in [2.05, 4.69) is 4.98 Å². The summed E-state index contributed by atoms with van der Waals surface area (Å²) in [5.74, 6) is -0.954. The quantitative estimate of drug-likeness (QED) is 0.833. The van der Waals surface area contributed by atoms with Gasteiger partial charge in [-0.1, -0.05) is 11.3 Å². The maximum Gasteiger partial charge on any atom is 0.410 e. The molecule has 0 radical (unpaired) electrons. The first kappa shape index (κ1) is 15.8. The number of amides is 1. The van der Waals surface area contributed by atoms with E-state index in [1.54, 1.807) is 4.90 Å². The second-order valence-electron chi connectivity index (χ2n) is 6.71. The highest BCUT2D eigenvalue weighted by Gasteiger charge is 2.35. The predicted octanol–water partition coefficient (Wildman–Crippen LogP) is 2.21. The number of hydrogen-bond donors (Lipinski definition) is 1. The van der Waals surface area contributed by atoms with E-state index in [9.17, 15) is 9.59 Å². The number of thiazole rings is 1. The molecule has 2 aliphatic rings. The van der Waals surface area contributed by atoms with Gasteiger partial charge in [0.2, 0.25) is 0 Å². The Morgan fingerprint density at radius 2 is 1.83 bits per heavy atom. The third-order valence-corrected chi connectivity index (χ3v) is 4.70. The number of aromatic carboxylic acids is 1. The summed E-state index contributed by atoms with van der Waals surface area (Å²) in [6.07, 6.45) is 1.10. The number of carboxylic acid groups (broad SMARTS) is 1. The maximum absolute atomic E-state index is 12.1. The Morgan fingerprint density at radius 3 is 2.30 bits per heavy atom. The van der Waals surface area contributed by atoms with Gasteiger partial charge in [0.05, 0.1) is 6.20 Å². The Morgan fingerprint density at radius 1 is 1.22 bits per heavy atom. The zero-order valence-corrected chi connectivity index (χ0v) is 14.1. The Kier molecular flexibility index (Phi) is 3.79. The van der Waals surface area contributed by atoms with Gasteiger partial charge in [-0.3, -0.25) is 0 Å². The summed E-state index contributed by atoms with van der Waals surface area (Å²) >= 11 is 1.18. The third kappa shape index (κ3) is 3.31. The smallest absolute Gasteiger partial charge is 0.410 e. The van der Waals surface area contributed by atoms with E-state index in [4.69, 9.17) is 9.84 Å². The van der Waals surface area contributed by atoms with Crippen molar-refractivity contribution in [3.05, 3.63) is 22.2 Å². The highest BCUT2D eigenvalue weighted by molar-refractivity contribution is 7.17. The molecule has 8 heteroatoms. The molecule has 124 valence electrons. The molecule has 0 saturated heterocycles. The minimum absolute atomic E-state index is 0.238. The van der Waals surface area contributed by atoms with Gasteiger partial charge >= 0.3 is 12.1 Å². The van der Waals surface area contributed by atoms with Gasteiger partial charge in [-0.05, 0) is 31.9 Å². The van der Waals surface area contributed by atoms with Gasteiger partial charge in [-0.15, -0.1) is 0 Å². The molecule has 0 bridgehead atoms. The molecule has 1 N–H and O–H groups in total. The Labute approximate surface area is 138 Å². The number of aromatic nitrogens is 1. The number of carbonyl (C=O) groups excluding carboxylic acids is 1. The molecular weight excluding hydrogens is 318 g/mol. The fraction of sp³-hybridized carbons (Fsp3) is 0.533. The number of anilines is 1. The van der Waals surface area contributed by atoms with Crippen LogP contribution in [0.3, 0.4) is 0 Å². The van der Waals surface area contributed by atoms with Gasteiger partial charge < -0.3 is 19.6 Å². The van der Waals surface area contributed by atoms with E-state index >= 15 is 0 Å². The lowest BCUT2D eigenvalue weighted by molar-refractivity contribution is 0.0297. The molecule has 0 fully saturated rings. The topological polar surface area (TPSA) is 83.0 Å². The Balaban J connectivity index is 1.59. The molecule has 0 spiro atoms. The van der Waals surface area contributed by atoms with Crippen molar-refractivity contribution < 1.29 is 19.4 Å². The van der Waals surface area contributed by atoms with Crippen LogP contribution in [0, 0.1) is 0 Å². The Bertz CT molecular complexity index is 671. The number of hydrogen-bond acceptors (Lipinski definition) is 6. The SMILES string of the molecule is CC(C)(C)OC(=O)N1CC2=C(C1)CN(c1ncc(C(=O)O)s1)C2. The van der Waals surface area contributed by atoms with Crippen LogP contribution in [0.25, 0.3) is 0 Å². The van der Waals surface area contributed by atoms with Crippen LogP contribution < -0.4 is 4.90 Å². The Hall–Kier alpha value is -2.09. The standard InChI is InChI=1S/C15H19N3O4S/c1-15(2,3)22-14(21)18-7-9-5-17(6-10(9)8-18)13-16-4-11(23-13)12(19)20/h4H,5-8H2,1-3H3,(H,19,20). The average Bonchev–Trinajstić information content (AvgIpc) is 3.09. The normalized spacial score (nSPS) is 17.7. The summed E-state index contributed by atoms with van der Waals surface area (Å²) in [5, 5.41) is 9.68. The van der Waals surface area contributed by atoms with Gasteiger partial charge in [0.25, 0.3) is 0 Å². The van der Waals surface area contributed by atoms with E-state index < -0.39 is 11.6 Å². The van der Waals surface area contributed by atoms with Crippen LogP contribution in [-0.4, -0.2) is 58.8 Å². The zero-order valence-electron chi connectivity index (χ0n) is 13.3. The molecule has 23 heavy (non-hydrogen) atoms. The highest BCUT2D eigenvalue weighted by Crippen LogP contribution is 2.32. The number of ether oxygens (including phenoxy) is 1. The van der Waals surface area contributed by atoms with Gasteiger partial charge in [-0.25, -0.2) is 14.6 Å². The molecule has 1 aromatic heterocycles. The van der Waals surface area contributed by atoms with Gasteiger partial charge in [0.15, 0.2) is 5.13 Å². The number of carboxylic acids is 1. The molecule has 0 aliphatic carbocycles. The second kappa shape index (κ2) is 5.52. The van der Waals surface area contributed by atoms with Gasteiger partial charge in [0.1, 0.15) is 10.5 Å². The van der Waals surface area contributed by atoms with Crippen LogP contribution in [0.2, 0.25) is 0 Å². The van der Waals surface area contributed by atoms with Crippen LogP contribution >= 0.6 is 11.3 Å². The molecule has 1 amide bonds. The largest absolute Gasteiger partial charge is 0.477 e. The van der Waals surface area contributed by atoms with Crippen molar-refractivity contribution in [1.82, 2.24) is 9.88 Å². The lowest BCUT2D eigenvalue weighted by atomic mass is 10.2. The molecule has 7 nitrogen and oxygen atoms in total. The summed E-state index contributed by atoms with van der Waals surface area (Å²) in [5.41, 5.74) is 1.90. The minimum Gasteiger partial charge on any atom is -0.477 e. The average molecular weight is 337 g/mol. The summed E-state index contributed by atoms with van der Waals surface area (Å²) in [4.78, 5) is 31.2. The fourth-order valence-corrected chi connectivity index (χ4v) is 3.43. The van der Waals surface area contributed by atoms with E-state index in [1.165, 1.54) is 28.7 Å². The molecule has 2 aliphatic heterocycles. The van der Waals surface area contributed by atoms with Crippen molar-refractivity contribution >= 4 is 28.5 Å². The van der Waals surface area contributed by atoms with Crippen LogP contribution in [0.4, 0.5) is 9.93 Å². The minimum atomic E-state index is -0.954. The third-order valence-electron chi connectivity index (χ3n) is 3.65. The molecule has 0 unspecified atom stereocenters. The number of nitrogens with zero attached hydrogens (tertiary/aromatic N) is 3. The highest BCUT2D eigenvalue weighted by atomic mass is 32.1. The molecule has 3 rings (SSSR count). The molecule has 0 atom stereocenters. The second-order valence-corrected chi connectivity index (χ2v) is 7.72.